The van der Waals surface area contributed by atoms with Crippen LogP contribution >= 0.6 is 12.2 Å². The normalized spacial score (nSPS) is 9.90. The lowest BCUT2D eigenvalue weighted by atomic mass is 10.1. The van der Waals surface area contributed by atoms with E-state index in [0.717, 1.165) is 23.4 Å². The Morgan fingerprint density at radius 1 is 0.952 bits per heavy atom. The molecule has 0 fully saturated rings. The molecule has 0 aromatic heterocycles. The SMILES string of the molecule is NC(=S)Nc1ccc(NC(=O)CCc2ccccc2)cc1. The molecule has 4 nitrogen and oxygen atoms in total. The molecule has 2 aromatic rings. The lowest BCUT2D eigenvalue weighted by Gasteiger charge is -2.07. The summed E-state index contributed by atoms with van der Waals surface area (Å²) in [5.74, 6) is -0.00564. The minimum atomic E-state index is -0.00564. The van der Waals surface area contributed by atoms with E-state index in [4.69, 9.17) is 18.0 Å². The predicted molar refractivity (Wildman–Crippen MR) is 90.2 cm³/mol. The van der Waals surface area contributed by atoms with Crippen molar-refractivity contribution < 1.29 is 4.79 Å². The summed E-state index contributed by atoms with van der Waals surface area (Å²) in [5.41, 5.74) is 8.09. The summed E-state index contributed by atoms with van der Waals surface area (Å²) < 4.78 is 0. The highest BCUT2D eigenvalue weighted by Gasteiger charge is 2.03. The van der Waals surface area contributed by atoms with Crippen LogP contribution in [0.25, 0.3) is 0 Å². The highest BCUT2D eigenvalue weighted by atomic mass is 32.1. The van der Waals surface area contributed by atoms with Gasteiger partial charge in [-0.3, -0.25) is 4.79 Å². The first-order chi connectivity index (χ1) is 10.1. The summed E-state index contributed by atoms with van der Waals surface area (Å²) in [7, 11) is 0. The zero-order chi connectivity index (χ0) is 15.1. The van der Waals surface area contributed by atoms with Crippen molar-refractivity contribution in [3.63, 3.8) is 0 Å². The topological polar surface area (TPSA) is 67.2 Å². The summed E-state index contributed by atoms with van der Waals surface area (Å²) in [4.78, 5) is 11.9. The molecule has 0 saturated carbocycles. The molecule has 4 N–H and O–H groups in total. The van der Waals surface area contributed by atoms with Gasteiger partial charge in [-0.05, 0) is 48.5 Å². The molecule has 2 aromatic carbocycles. The fourth-order valence-corrected chi connectivity index (χ4v) is 2.02. The number of carbonyl (C=O) groups excluding carboxylic acids is 1. The van der Waals surface area contributed by atoms with Crippen LogP contribution in [-0.4, -0.2) is 11.0 Å². The number of hydrogen-bond acceptors (Lipinski definition) is 2. The van der Waals surface area contributed by atoms with Crippen LogP contribution in [0.15, 0.2) is 54.6 Å². The molecule has 0 saturated heterocycles. The summed E-state index contributed by atoms with van der Waals surface area (Å²) in [6.45, 7) is 0. The first kappa shape index (κ1) is 15.0. The summed E-state index contributed by atoms with van der Waals surface area (Å²) in [6.07, 6.45) is 1.19. The Kier molecular flexibility index (Phi) is 5.29. The lowest BCUT2D eigenvalue weighted by Crippen LogP contribution is -2.18. The van der Waals surface area contributed by atoms with Gasteiger partial charge >= 0.3 is 0 Å². The Bertz CT molecular complexity index is 611. The molecule has 0 aliphatic rings. The van der Waals surface area contributed by atoms with Crippen molar-refractivity contribution in [2.75, 3.05) is 10.6 Å². The molecule has 0 heterocycles. The molecular weight excluding hydrogens is 282 g/mol. The Morgan fingerprint density at radius 2 is 1.52 bits per heavy atom. The predicted octanol–water partition coefficient (Wildman–Crippen LogP) is 2.91. The molecule has 0 bridgehead atoms. The molecule has 1 amide bonds. The lowest BCUT2D eigenvalue weighted by molar-refractivity contribution is -0.116. The van der Waals surface area contributed by atoms with Crippen molar-refractivity contribution >= 4 is 34.6 Å². The van der Waals surface area contributed by atoms with Crippen molar-refractivity contribution in [3.8, 4) is 0 Å². The third-order valence-electron chi connectivity index (χ3n) is 2.92. The van der Waals surface area contributed by atoms with Gasteiger partial charge in [-0.25, -0.2) is 0 Å². The number of benzene rings is 2. The smallest absolute Gasteiger partial charge is 0.224 e. The van der Waals surface area contributed by atoms with Gasteiger partial charge in [0.15, 0.2) is 5.11 Å². The third kappa shape index (κ3) is 5.24. The zero-order valence-corrected chi connectivity index (χ0v) is 12.3. The van der Waals surface area contributed by atoms with Gasteiger partial charge in [0.05, 0.1) is 0 Å². The molecule has 5 heteroatoms. The van der Waals surface area contributed by atoms with E-state index in [1.165, 1.54) is 0 Å². The van der Waals surface area contributed by atoms with Crippen molar-refractivity contribution in [1.82, 2.24) is 0 Å². The van der Waals surface area contributed by atoms with Crippen molar-refractivity contribution in [3.05, 3.63) is 60.2 Å². The van der Waals surface area contributed by atoms with E-state index in [9.17, 15) is 4.79 Å². The molecule has 2 rings (SSSR count). The van der Waals surface area contributed by atoms with E-state index >= 15 is 0 Å². The van der Waals surface area contributed by atoms with E-state index in [1.807, 2.05) is 42.5 Å². The van der Waals surface area contributed by atoms with Gasteiger partial charge in [-0.2, -0.15) is 0 Å². The van der Waals surface area contributed by atoms with E-state index < -0.39 is 0 Å². The number of amides is 1. The number of thiocarbonyl (C=S) groups is 1. The highest BCUT2D eigenvalue weighted by molar-refractivity contribution is 7.80. The third-order valence-corrected chi connectivity index (χ3v) is 3.02. The Hall–Kier alpha value is -2.40. The monoisotopic (exact) mass is 299 g/mol. The van der Waals surface area contributed by atoms with Gasteiger partial charge in [0.1, 0.15) is 0 Å². The maximum Gasteiger partial charge on any atom is 0.224 e. The molecule has 0 radical (unpaired) electrons. The average Bonchev–Trinajstić information content (AvgIpc) is 2.48. The highest BCUT2D eigenvalue weighted by Crippen LogP contribution is 2.14. The van der Waals surface area contributed by atoms with Crippen molar-refractivity contribution in [2.24, 2.45) is 5.73 Å². The van der Waals surface area contributed by atoms with Crippen molar-refractivity contribution in [2.45, 2.75) is 12.8 Å². The number of anilines is 2. The minimum Gasteiger partial charge on any atom is -0.376 e. The van der Waals surface area contributed by atoms with E-state index in [0.29, 0.717) is 6.42 Å². The zero-order valence-electron chi connectivity index (χ0n) is 11.5. The van der Waals surface area contributed by atoms with Crippen LogP contribution in [0.2, 0.25) is 0 Å². The number of rotatable bonds is 5. The first-order valence-corrected chi connectivity index (χ1v) is 7.04. The molecule has 0 aliphatic heterocycles. The number of nitrogens with two attached hydrogens (primary N) is 1. The molecule has 21 heavy (non-hydrogen) atoms. The van der Waals surface area contributed by atoms with Gasteiger partial charge in [0, 0.05) is 17.8 Å². The van der Waals surface area contributed by atoms with Gasteiger partial charge < -0.3 is 16.4 Å². The molecule has 108 valence electrons. The maximum absolute atomic E-state index is 11.9. The fourth-order valence-electron chi connectivity index (χ4n) is 1.91. The van der Waals surface area contributed by atoms with Gasteiger partial charge in [-0.15, -0.1) is 0 Å². The second-order valence-corrected chi connectivity index (χ2v) is 5.04. The molecule has 0 atom stereocenters. The van der Waals surface area contributed by atoms with Crippen LogP contribution in [0.3, 0.4) is 0 Å². The standard InChI is InChI=1S/C16H17N3OS/c17-16(21)19-14-9-7-13(8-10-14)18-15(20)11-6-12-4-2-1-3-5-12/h1-5,7-10H,6,11H2,(H,18,20)(H3,17,19,21). The Morgan fingerprint density at radius 3 is 2.10 bits per heavy atom. The maximum atomic E-state index is 11.9. The Balaban J connectivity index is 1.83. The van der Waals surface area contributed by atoms with E-state index in [1.54, 1.807) is 12.1 Å². The van der Waals surface area contributed by atoms with Crippen LogP contribution in [0.5, 0.6) is 0 Å². The molecule has 0 spiro atoms. The Labute approximate surface area is 129 Å². The summed E-state index contributed by atoms with van der Waals surface area (Å²) in [5, 5.41) is 5.91. The molecular formula is C16H17N3OS. The number of aryl methyl sites for hydroxylation is 1. The van der Waals surface area contributed by atoms with Gasteiger partial charge in [-0.1, -0.05) is 30.3 Å². The largest absolute Gasteiger partial charge is 0.376 e. The number of hydrogen-bond donors (Lipinski definition) is 3. The van der Waals surface area contributed by atoms with Crippen molar-refractivity contribution in [1.29, 1.82) is 0 Å². The second-order valence-electron chi connectivity index (χ2n) is 4.60. The fraction of sp³-hybridized carbons (Fsp3) is 0.125. The summed E-state index contributed by atoms with van der Waals surface area (Å²) >= 11 is 4.76. The summed E-state index contributed by atoms with van der Waals surface area (Å²) in [6, 6.07) is 17.2. The second kappa shape index (κ2) is 7.40. The van der Waals surface area contributed by atoms with Crippen LogP contribution < -0.4 is 16.4 Å². The average molecular weight is 299 g/mol. The van der Waals surface area contributed by atoms with Crippen LogP contribution in [-0.2, 0) is 11.2 Å². The molecule has 0 unspecified atom stereocenters. The first-order valence-electron chi connectivity index (χ1n) is 6.64. The number of nitrogens with one attached hydrogen (secondary N) is 2. The van der Waals surface area contributed by atoms with Crippen LogP contribution in [0.1, 0.15) is 12.0 Å². The van der Waals surface area contributed by atoms with E-state index in [2.05, 4.69) is 10.6 Å². The quantitative estimate of drug-likeness (QED) is 0.743. The van der Waals surface area contributed by atoms with Gasteiger partial charge in [0.2, 0.25) is 5.91 Å². The number of carbonyl (C=O) groups is 1. The van der Waals surface area contributed by atoms with Gasteiger partial charge in [0.25, 0.3) is 0 Å². The minimum absolute atomic E-state index is 0.00564. The molecule has 0 aliphatic carbocycles. The van der Waals surface area contributed by atoms with E-state index in [-0.39, 0.29) is 11.0 Å². The van der Waals surface area contributed by atoms with Crippen LogP contribution in [0, 0.1) is 0 Å². The van der Waals surface area contributed by atoms with Crippen LogP contribution in [0.4, 0.5) is 11.4 Å².